The summed E-state index contributed by atoms with van der Waals surface area (Å²) in [6, 6.07) is 0. The van der Waals surface area contributed by atoms with Crippen molar-refractivity contribution >= 4 is 17.9 Å². The zero-order valence-corrected chi connectivity index (χ0v) is 23.6. The normalized spacial score (nSPS) is 53.8. The van der Waals surface area contributed by atoms with E-state index in [0.29, 0.717) is 30.4 Å². The fourth-order valence-corrected chi connectivity index (χ4v) is 10.6. The first-order valence-electron chi connectivity index (χ1n) is 14.4. The molecule has 3 saturated carbocycles. The van der Waals surface area contributed by atoms with E-state index >= 15 is 0 Å². The second-order valence-corrected chi connectivity index (χ2v) is 14.0. The fraction of sp³-hybridized carbons (Fsp3) is 0.656. The highest BCUT2D eigenvalue weighted by Gasteiger charge is 2.84. The van der Waals surface area contributed by atoms with Gasteiger partial charge in [0.1, 0.15) is 18.3 Å². The molecule has 7 aliphatic rings. The van der Waals surface area contributed by atoms with Crippen molar-refractivity contribution < 1.29 is 38.8 Å². The minimum atomic E-state index is -1.32. The summed E-state index contributed by atoms with van der Waals surface area (Å²) in [6.45, 7) is 15.4. The van der Waals surface area contributed by atoms with Crippen molar-refractivity contribution in [1.82, 2.24) is 0 Å². The Hall–Kier alpha value is -2.71. The van der Waals surface area contributed by atoms with Crippen LogP contribution in [0.2, 0.25) is 0 Å². The Morgan fingerprint density at radius 2 is 1.85 bits per heavy atom. The van der Waals surface area contributed by atoms with Gasteiger partial charge in [0, 0.05) is 41.6 Å². The third kappa shape index (κ3) is 2.69. The summed E-state index contributed by atoms with van der Waals surface area (Å²) < 4.78 is 18.4. The molecule has 2 bridgehead atoms. The third-order valence-corrected chi connectivity index (χ3v) is 12.5. The fourth-order valence-electron chi connectivity index (χ4n) is 10.6. The molecule has 5 aliphatic carbocycles. The molecule has 0 aromatic carbocycles. The first kappa shape index (κ1) is 26.2. The number of hydrogen-bond acceptors (Lipinski definition) is 8. The lowest BCUT2D eigenvalue weighted by molar-refractivity contribution is -0.161. The van der Waals surface area contributed by atoms with Crippen molar-refractivity contribution in [2.75, 3.05) is 0 Å². The number of carbonyl (C=O) groups excluding carboxylic acids is 3. The van der Waals surface area contributed by atoms with Crippen LogP contribution < -0.4 is 0 Å². The maximum Gasteiger partial charge on any atom is 0.334 e. The zero-order valence-electron chi connectivity index (χ0n) is 23.6. The maximum absolute atomic E-state index is 14.5. The largest absolute Gasteiger partial charge is 0.462 e. The van der Waals surface area contributed by atoms with E-state index < -0.39 is 81.4 Å². The van der Waals surface area contributed by atoms with E-state index in [1.54, 1.807) is 0 Å². The van der Waals surface area contributed by atoms with E-state index in [1.165, 1.54) is 6.92 Å². The van der Waals surface area contributed by atoms with Crippen LogP contribution in [0.15, 0.2) is 48.1 Å². The van der Waals surface area contributed by atoms with E-state index in [-0.39, 0.29) is 18.8 Å². The van der Waals surface area contributed by atoms with Gasteiger partial charge in [0.2, 0.25) is 0 Å². The van der Waals surface area contributed by atoms with Crippen molar-refractivity contribution in [3.8, 4) is 0 Å². The summed E-state index contributed by atoms with van der Waals surface area (Å²) in [7, 11) is 0. The number of carbonyl (C=O) groups is 3. The lowest BCUT2D eigenvalue weighted by Crippen LogP contribution is -2.53. The monoisotopic (exact) mass is 550 g/mol. The number of aliphatic hydroxyl groups is 2. The average molecular weight is 551 g/mol. The summed E-state index contributed by atoms with van der Waals surface area (Å²) in [4.78, 5) is 39.8. The molecule has 0 radical (unpaired) electrons. The summed E-state index contributed by atoms with van der Waals surface area (Å²) in [5.41, 5.74) is -3.63. The molecular formula is C32H38O8. The summed E-state index contributed by atoms with van der Waals surface area (Å²) in [6.07, 6.45) is 5.72. The Kier molecular flexibility index (Phi) is 4.96. The second-order valence-electron chi connectivity index (χ2n) is 14.0. The smallest absolute Gasteiger partial charge is 0.334 e. The Labute approximate surface area is 234 Å². The van der Waals surface area contributed by atoms with Crippen LogP contribution in [0, 0.1) is 39.9 Å². The Bertz CT molecular complexity index is 1360. The number of ether oxygens (including phenoxy) is 3. The molecule has 0 unspecified atom stereocenters. The van der Waals surface area contributed by atoms with E-state index in [9.17, 15) is 24.6 Å². The molecule has 2 N–H and O–H groups in total. The highest BCUT2D eigenvalue weighted by atomic mass is 16.6. The molecule has 5 fully saturated rings. The standard InChI is InChI=1S/C32H38O8/c1-15-7-10-32(37)16(2)13-20(38-18(4)33)22-24(21(15)32)40-27(35)31(22)14-30-12-11-28(31,5)25(30)23-19(8-9-29(30,6)36)17(3)26(34)39-23/h7,11-12,19-25,36-37H,2-3,8-10,13-14H2,1,4-6H3/t19-,20-,21+,22+,23-,24+,25-,28+,29+,30+,31+,32+/m0/s1. The van der Waals surface area contributed by atoms with E-state index in [2.05, 4.69) is 13.2 Å². The average Bonchev–Trinajstić information content (AvgIpc) is 3.55. The van der Waals surface area contributed by atoms with Crippen molar-refractivity contribution in [2.45, 2.75) is 89.3 Å². The SMILES string of the molecule is C=C1C(=O)O[C@H]2[C@H]1CC[C@@](C)(O)[C@@]13C=C[C@](C)([C@H]21)[C@@]1(C3)C(=O)O[C@H]2[C@H]1[C@@H](OC(C)=O)CC(=C)[C@]1(O)CC=C(C)[C@H]21. The number of hydrogen-bond donors (Lipinski definition) is 2. The van der Waals surface area contributed by atoms with E-state index in [0.717, 1.165) is 5.57 Å². The predicted molar refractivity (Wildman–Crippen MR) is 142 cm³/mol. The molecule has 0 aromatic heterocycles. The van der Waals surface area contributed by atoms with Crippen LogP contribution in [-0.2, 0) is 28.6 Å². The Morgan fingerprint density at radius 3 is 2.55 bits per heavy atom. The van der Waals surface area contributed by atoms with Crippen LogP contribution >= 0.6 is 0 Å². The minimum absolute atomic E-state index is 0.193. The van der Waals surface area contributed by atoms with Gasteiger partial charge in [-0.05, 0) is 45.1 Å². The van der Waals surface area contributed by atoms with Crippen molar-refractivity contribution in [1.29, 1.82) is 0 Å². The molecule has 2 saturated heterocycles. The second kappa shape index (κ2) is 7.57. The summed E-state index contributed by atoms with van der Waals surface area (Å²) in [5, 5.41) is 24.1. The highest BCUT2D eigenvalue weighted by Crippen LogP contribution is 2.80. The van der Waals surface area contributed by atoms with Crippen molar-refractivity contribution in [2.24, 2.45) is 39.9 Å². The van der Waals surface area contributed by atoms with Crippen LogP contribution in [0.1, 0.15) is 59.8 Å². The number of esters is 3. The van der Waals surface area contributed by atoms with Crippen molar-refractivity contribution in [3.05, 3.63) is 48.1 Å². The van der Waals surface area contributed by atoms with Gasteiger partial charge in [0.15, 0.2) is 0 Å². The topological polar surface area (TPSA) is 119 Å². The Morgan fingerprint density at radius 1 is 1.12 bits per heavy atom. The maximum atomic E-state index is 14.5. The molecule has 8 nitrogen and oxygen atoms in total. The van der Waals surface area contributed by atoms with Gasteiger partial charge in [0.05, 0.1) is 28.5 Å². The Balaban J connectivity index is 1.46. The molecule has 2 heterocycles. The van der Waals surface area contributed by atoms with Crippen molar-refractivity contribution in [3.63, 3.8) is 0 Å². The summed E-state index contributed by atoms with van der Waals surface area (Å²) in [5.74, 6) is -3.15. The van der Waals surface area contributed by atoms with Gasteiger partial charge in [-0.15, -0.1) is 0 Å². The van der Waals surface area contributed by atoms with Gasteiger partial charge in [-0.1, -0.05) is 43.9 Å². The van der Waals surface area contributed by atoms with Crippen LogP contribution in [0.25, 0.3) is 0 Å². The lowest BCUT2D eigenvalue weighted by atomic mass is 9.54. The zero-order chi connectivity index (χ0) is 28.8. The number of allylic oxidation sites excluding steroid dienone is 1. The number of fused-ring (bicyclic) bond motifs is 6. The molecule has 7 rings (SSSR count). The van der Waals surface area contributed by atoms with E-state index in [1.807, 2.05) is 39.0 Å². The van der Waals surface area contributed by atoms with Gasteiger partial charge < -0.3 is 24.4 Å². The van der Waals surface area contributed by atoms with Gasteiger partial charge in [-0.25, -0.2) is 4.79 Å². The minimum Gasteiger partial charge on any atom is -0.462 e. The van der Waals surface area contributed by atoms with Gasteiger partial charge in [0.25, 0.3) is 0 Å². The number of rotatable bonds is 1. The molecule has 40 heavy (non-hydrogen) atoms. The molecule has 12 atom stereocenters. The van der Waals surface area contributed by atoms with E-state index in [4.69, 9.17) is 14.2 Å². The summed E-state index contributed by atoms with van der Waals surface area (Å²) >= 11 is 0. The third-order valence-electron chi connectivity index (χ3n) is 12.5. The molecular weight excluding hydrogens is 512 g/mol. The molecule has 8 heteroatoms. The molecule has 0 amide bonds. The van der Waals surface area contributed by atoms with Crippen LogP contribution in [0.5, 0.6) is 0 Å². The van der Waals surface area contributed by atoms with Gasteiger partial charge in [-0.3, -0.25) is 9.59 Å². The lowest BCUT2D eigenvalue weighted by Gasteiger charge is -2.46. The first-order valence-corrected chi connectivity index (χ1v) is 14.4. The predicted octanol–water partition coefficient (Wildman–Crippen LogP) is 3.33. The first-order chi connectivity index (χ1) is 18.6. The molecule has 214 valence electrons. The van der Waals surface area contributed by atoms with Crippen LogP contribution in [0.4, 0.5) is 0 Å². The van der Waals surface area contributed by atoms with Crippen LogP contribution in [0.3, 0.4) is 0 Å². The molecule has 0 aromatic rings. The van der Waals surface area contributed by atoms with Gasteiger partial charge in [-0.2, -0.15) is 0 Å². The molecule has 1 spiro atoms. The molecule has 2 aliphatic heterocycles. The highest BCUT2D eigenvalue weighted by molar-refractivity contribution is 5.91. The van der Waals surface area contributed by atoms with Crippen LogP contribution in [-0.4, -0.2) is 57.6 Å². The quantitative estimate of drug-likeness (QED) is 0.221. The van der Waals surface area contributed by atoms with Gasteiger partial charge >= 0.3 is 17.9 Å².